The van der Waals surface area contributed by atoms with Crippen molar-refractivity contribution in [3.05, 3.63) is 53.3 Å². The highest BCUT2D eigenvalue weighted by molar-refractivity contribution is 5.89. The van der Waals surface area contributed by atoms with Crippen LogP contribution in [0, 0.1) is 13.8 Å². The van der Waals surface area contributed by atoms with E-state index in [1.807, 2.05) is 31.2 Å². The first-order valence-corrected chi connectivity index (χ1v) is 5.74. The fraction of sp³-hybridized carbons (Fsp3) is 0.200. The van der Waals surface area contributed by atoms with Gasteiger partial charge in [-0.25, -0.2) is 9.78 Å². The summed E-state index contributed by atoms with van der Waals surface area (Å²) in [6, 6.07) is 10.1. The molecule has 0 N–H and O–H groups in total. The van der Waals surface area contributed by atoms with E-state index < -0.39 is 5.97 Å². The lowest BCUT2D eigenvalue weighted by atomic mass is 10.0. The Hall–Kier alpha value is -2.16. The van der Waals surface area contributed by atoms with Gasteiger partial charge in [0.15, 0.2) is 5.69 Å². The fourth-order valence-electron chi connectivity index (χ4n) is 1.93. The minimum atomic E-state index is -0.399. The van der Waals surface area contributed by atoms with Crippen LogP contribution in [0.4, 0.5) is 0 Å². The number of carbonyl (C=O) groups excluding carboxylic acids is 1. The van der Waals surface area contributed by atoms with Gasteiger partial charge in [-0.05, 0) is 36.6 Å². The van der Waals surface area contributed by atoms with Crippen molar-refractivity contribution < 1.29 is 9.53 Å². The van der Waals surface area contributed by atoms with Crippen LogP contribution in [0.2, 0.25) is 0 Å². The van der Waals surface area contributed by atoms with Crippen molar-refractivity contribution in [3.63, 3.8) is 0 Å². The number of aryl methyl sites for hydroxylation is 2. The van der Waals surface area contributed by atoms with Crippen molar-refractivity contribution in [2.75, 3.05) is 7.11 Å². The summed E-state index contributed by atoms with van der Waals surface area (Å²) in [4.78, 5) is 15.7. The number of rotatable bonds is 2. The number of aromatic nitrogens is 1. The lowest BCUT2D eigenvalue weighted by molar-refractivity contribution is 0.0593. The SMILES string of the molecule is COC(=O)c1ncc(-c2ccccc2C)cc1C. The second-order valence-electron chi connectivity index (χ2n) is 4.20. The molecule has 0 aliphatic rings. The maximum Gasteiger partial charge on any atom is 0.356 e. The summed E-state index contributed by atoms with van der Waals surface area (Å²) in [5.41, 5.74) is 4.52. The van der Waals surface area contributed by atoms with Crippen LogP contribution in [0.15, 0.2) is 36.5 Å². The van der Waals surface area contributed by atoms with Gasteiger partial charge in [-0.15, -0.1) is 0 Å². The zero-order valence-corrected chi connectivity index (χ0v) is 10.7. The predicted molar refractivity (Wildman–Crippen MR) is 70.5 cm³/mol. The zero-order chi connectivity index (χ0) is 13.1. The Morgan fingerprint density at radius 1 is 1.17 bits per heavy atom. The van der Waals surface area contributed by atoms with E-state index in [0.29, 0.717) is 5.69 Å². The van der Waals surface area contributed by atoms with Gasteiger partial charge in [0.05, 0.1) is 7.11 Å². The average Bonchev–Trinajstić information content (AvgIpc) is 2.38. The Morgan fingerprint density at radius 2 is 1.89 bits per heavy atom. The van der Waals surface area contributed by atoms with Gasteiger partial charge in [0.2, 0.25) is 0 Å². The van der Waals surface area contributed by atoms with Crippen molar-refractivity contribution >= 4 is 5.97 Å². The molecule has 0 bridgehead atoms. The first-order chi connectivity index (χ1) is 8.63. The molecule has 0 spiro atoms. The van der Waals surface area contributed by atoms with E-state index in [4.69, 9.17) is 0 Å². The summed E-state index contributed by atoms with van der Waals surface area (Å²) in [6.07, 6.45) is 1.71. The van der Waals surface area contributed by atoms with Crippen LogP contribution in [-0.4, -0.2) is 18.1 Å². The van der Waals surface area contributed by atoms with Gasteiger partial charge >= 0.3 is 5.97 Å². The molecule has 0 aliphatic heterocycles. The molecule has 1 aromatic heterocycles. The van der Waals surface area contributed by atoms with E-state index in [9.17, 15) is 4.79 Å². The van der Waals surface area contributed by atoms with E-state index >= 15 is 0 Å². The summed E-state index contributed by atoms with van der Waals surface area (Å²) in [5, 5.41) is 0. The number of carbonyl (C=O) groups is 1. The highest BCUT2D eigenvalue weighted by atomic mass is 16.5. The van der Waals surface area contributed by atoms with Gasteiger partial charge in [0.1, 0.15) is 0 Å². The van der Waals surface area contributed by atoms with Crippen molar-refractivity contribution in [1.29, 1.82) is 0 Å². The molecule has 0 unspecified atom stereocenters. The third-order valence-electron chi connectivity index (χ3n) is 2.91. The molecule has 3 heteroatoms. The van der Waals surface area contributed by atoms with Crippen LogP contribution in [0.1, 0.15) is 21.6 Å². The number of pyridine rings is 1. The number of benzene rings is 1. The topological polar surface area (TPSA) is 39.2 Å². The first-order valence-electron chi connectivity index (χ1n) is 5.74. The summed E-state index contributed by atoms with van der Waals surface area (Å²) in [5.74, 6) is -0.399. The summed E-state index contributed by atoms with van der Waals surface area (Å²) in [6.45, 7) is 3.92. The van der Waals surface area contributed by atoms with Gasteiger partial charge in [-0.1, -0.05) is 24.3 Å². The van der Waals surface area contributed by atoms with Crippen LogP contribution in [-0.2, 0) is 4.74 Å². The second-order valence-corrected chi connectivity index (χ2v) is 4.20. The van der Waals surface area contributed by atoms with Gasteiger partial charge in [-0.2, -0.15) is 0 Å². The molecule has 0 radical (unpaired) electrons. The molecule has 3 nitrogen and oxygen atoms in total. The van der Waals surface area contributed by atoms with E-state index in [-0.39, 0.29) is 0 Å². The van der Waals surface area contributed by atoms with Crippen LogP contribution in [0.5, 0.6) is 0 Å². The van der Waals surface area contributed by atoms with Gasteiger partial charge in [-0.3, -0.25) is 0 Å². The van der Waals surface area contributed by atoms with Crippen molar-refractivity contribution in [1.82, 2.24) is 4.98 Å². The number of methoxy groups -OCH3 is 1. The number of hydrogen-bond acceptors (Lipinski definition) is 3. The van der Waals surface area contributed by atoms with Crippen LogP contribution in [0.25, 0.3) is 11.1 Å². The monoisotopic (exact) mass is 241 g/mol. The molecule has 92 valence electrons. The Kier molecular flexibility index (Phi) is 3.42. The molecule has 0 amide bonds. The van der Waals surface area contributed by atoms with E-state index in [1.165, 1.54) is 12.7 Å². The van der Waals surface area contributed by atoms with Crippen LogP contribution < -0.4 is 0 Å². The van der Waals surface area contributed by atoms with Gasteiger partial charge < -0.3 is 4.74 Å². The van der Waals surface area contributed by atoms with E-state index in [1.54, 1.807) is 6.20 Å². The molecule has 2 aromatic rings. The van der Waals surface area contributed by atoms with Gasteiger partial charge in [0, 0.05) is 11.8 Å². The molecule has 2 rings (SSSR count). The molecule has 1 aromatic carbocycles. The Morgan fingerprint density at radius 3 is 2.50 bits per heavy atom. The first kappa shape index (κ1) is 12.3. The molecule has 18 heavy (non-hydrogen) atoms. The number of ether oxygens (including phenoxy) is 1. The van der Waals surface area contributed by atoms with E-state index in [0.717, 1.165) is 16.7 Å². The quantitative estimate of drug-likeness (QED) is 0.758. The molecular formula is C15H15NO2. The third kappa shape index (κ3) is 2.25. The van der Waals surface area contributed by atoms with Crippen molar-refractivity contribution in [2.24, 2.45) is 0 Å². The molecule has 0 aliphatic carbocycles. The lowest BCUT2D eigenvalue weighted by Gasteiger charge is -2.08. The lowest BCUT2D eigenvalue weighted by Crippen LogP contribution is -2.06. The van der Waals surface area contributed by atoms with Crippen molar-refractivity contribution in [2.45, 2.75) is 13.8 Å². The standard InChI is InChI=1S/C15H15NO2/c1-10-6-4-5-7-13(10)12-8-11(2)14(16-9-12)15(17)18-3/h4-9H,1-3H3. The number of nitrogens with zero attached hydrogens (tertiary/aromatic N) is 1. The molecule has 0 fully saturated rings. The smallest absolute Gasteiger partial charge is 0.356 e. The minimum absolute atomic E-state index is 0.370. The zero-order valence-electron chi connectivity index (χ0n) is 10.7. The fourth-order valence-corrected chi connectivity index (χ4v) is 1.93. The number of esters is 1. The molecule has 0 atom stereocenters. The Labute approximate surface area is 106 Å². The second kappa shape index (κ2) is 5.00. The molecular weight excluding hydrogens is 226 g/mol. The summed E-state index contributed by atoms with van der Waals surface area (Å²) < 4.78 is 4.68. The maximum absolute atomic E-state index is 11.5. The van der Waals surface area contributed by atoms with E-state index in [2.05, 4.69) is 22.7 Å². The predicted octanol–water partition coefficient (Wildman–Crippen LogP) is 3.15. The van der Waals surface area contributed by atoms with Crippen molar-refractivity contribution in [3.8, 4) is 11.1 Å². The normalized spacial score (nSPS) is 10.2. The third-order valence-corrected chi connectivity index (χ3v) is 2.91. The Bertz CT molecular complexity index is 591. The van der Waals surface area contributed by atoms with Gasteiger partial charge in [0.25, 0.3) is 0 Å². The summed E-state index contributed by atoms with van der Waals surface area (Å²) >= 11 is 0. The number of hydrogen-bond donors (Lipinski definition) is 0. The highest BCUT2D eigenvalue weighted by Gasteiger charge is 2.12. The summed E-state index contributed by atoms with van der Waals surface area (Å²) in [7, 11) is 1.36. The largest absolute Gasteiger partial charge is 0.464 e. The minimum Gasteiger partial charge on any atom is -0.464 e. The van der Waals surface area contributed by atoms with Crippen LogP contribution >= 0.6 is 0 Å². The Balaban J connectivity index is 2.47. The molecule has 0 saturated carbocycles. The molecule has 1 heterocycles. The average molecular weight is 241 g/mol. The maximum atomic E-state index is 11.5. The highest BCUT2D eigenvalue weighted by Crippen LogP contribution is 2.24. The molecule has 0 saturated heterocycles. The van der Waals surface area contributed by atoms with Crippen LogP contribution in [0.3, 0.4) is 0 Å².